The van der Waals surface area contributed by atoms with Crippen molar-refractivity contribution in [3.63, 3.8) is 0 Å². The summed E-state index contributed by atoms with van der Waals surface area (Å²) in [6.45, 7) is 7.61. The smallest absolute Gasteiger partial charge is 0.169 e. The first-order valence-corrected chi connectivity index (χ1v) is 4.07. The maximum Gasteiger partial charge on any atom is 0.169 e. The van der Waals surface area contributed by atoms with Crippen LogP contribution >= 0.6 is 0 Å². The Morgan fingerprint density at radius 3 is 2.33 bits per heavy atom. The third-order valence-electron chi connectivity index (χ3n) is 1.36. The Hall–Kier alpha value is -1.12. The Morgan fingerprint density at radius 2 is 1.92 bits per heavy atom. The molecule has 0 unspecified atom stereocenters. The molecule has 0 radical (unpaired) electrons. The minimum Gasteiger partial charge on any atom is -0.215 e. The summed E-state index contributed by atoms with van der Waals surface area (Å²) in [6.07, 6.45) is 1.71. The van der Waals surface area contributed by atoms with Crippen molar-refractivity contribution in [1.82, 2.24) is 0 Å². The highest BCUT2D eigenvalue weighted by Gasteiger charge is 1.97. The van der Waals surface area contributed by atoms with Crippen LogP contribution in [0.1, 0.15) is 19.4 Å². The molecule has 0 aromatic heterocycles. The SMILES string of the molecule is C=Cc1ccccc1[NH2+]O.CC. The van der Waals surface area contributed by atoms with E-state index in [1.165, 1.54) is 0 Å². The molecule has 2 heteroatoms. The van der Waals surface area contributed by atoms with Crippen molar-refractivity contribution in [3.05, 3.63) is 36.4 Å². The Kier molecular flexibility index (Phi) is 5.97. The van der Waals surface area contributed by atoms with E-state index in [9.17, 15) is 0 Å². The second kappa shape index (κ2) is 6.58. The zero-order valence-electron chi connectivity index (χ0n) is 7.62. The Labute approximate surface area is 73.5 Å². The second-order valence-corrected chi connectivity index (χ2v) is 1.96. The van der Waals surface area contributed by atoms with E-state index in [2.05, 4.69) is 6.58 Å². The summed E-state index contributed by atoms with van der Waals surface area (Å²) in [7, 11) is 0. The molecule has 1 aromatic carbocycles. The van der Waals surface area contributed by atoms with E-state index in [0.29, 0.717) is 0 Å². The second-order valence-electron chi connectivity index (χ2n) is 1.96. The average molecular weight is 166 g/mol. The van der Waals surface area contributed by atoms with Crippen LogP contribution in [0.2, 0.25) is 0 Å². The molecule has 0 saturated carbocycles. The van der Waals surface area contributed by atoms with Crippen molar-refractivity contribution in [1.29, 1.82) is 0 Å². The molecule has 0 aliphatic carbocycles. The fourth-order valence-corrected chi connectivity index (χ4v) is 0.814. The molecule has 3 N–H and O–H groups in total. The minimum absolute atomic E-state index is 0.803. The fourth-order valence-electron chi connectivity index (χ4n) is 0.814. The van der Waals surface area contributed by atoms with Crippen LogP contribution in [0.15, 0.2) is 30.8 Å². The van der Waals surface area contributed by atoms with E-state index in [0.717, 1.165) is 16.7 Å². The largest absolute Gasteiger partial charge is 0.215 e. The Morgan fingerprint density at radius 1 is 1.33 bits per heavy atom. The van der Waals surface area contributed by atoms with Crippen LogP contribution < -0.4 is 5.48 Å². The highest BCUT2D eigenvalue weighted by molar-refractivity contribution is 5.58. The van der Waals surface area contributed by atoms with Crippen molar-refractivity contribution < 1.29 is 10.7 Å². The lowest BCUT2D eigenvalue weighted by Gasteiger charge is -1.95. The summed E-state index contributed by atoms with van der Waals surface area (Å²) in [5, 5.41) is 8.68. The summed E-state index contributed by atoms with van der Waals surface area (Å²) in [4.78, 5) is 0. The van der Waals surface area contributed by atoms with Crippen LogP contribution in [0.4, 0.5) is 5.69 Å². The molecule has 0 amide bonds. The van der Waals surface area contributed by atoms with Crippen molar-refractivity contribution >= 4 is 11.8 Å². The summed E-state index contributed by atoms with van der Waals surface area (Å²) in [6, 6.07) is 7.51. The van der Waals surface area contributed by atoms with Crippen LogP contribution in [0.5, 0.6) is 0 Å². The highest BCUT2D eigenvalue weighted by atomic mass is 16.5. The quantitative estimate of drug-likeness (QED) is 0.511. The first kappa shape index (κ1) is 10.9. The number of hydrogen-bond acceptors (Lipinski definition) is 1. The van der Waals surface area contributed by atoms with Crippen LogP contribution in [0, 0.1) is 0 Å². The third kappa shape index (κ3) is 2.86. The zero-order chi connectivity index (χ0) is 9.40. The topological polar surface area (TPSA) is 36.8 Å². The van der Waals surface area contributed by atoms with Gasteiger partial charge >= 0.3 is 0 Å². The van der Waals surface area contributed by atoms with E-state index in [-0.39, 0.29) is 0 Å². The van der Waals surface area contributed by atoms with Gasteiger partial charge in [0.25, 0.3) is 0 Å². The number of quaternary nitrogens is 1. The molecule has 1 rings (SSSR count). The van der Waals surface area contributed by atoms with Crippen molar-refractivity contribution in [3.8, 4) is 0 Å². The number of nitrogens with two attached hydrogens (primary N) is 1. The van der Waals surface area contributed by atoms with Gasteiger partial charge < -0.3 is 0 Å². The number of para-hydroxylation sites is 1. The van der Waals surface area contributed by atoms with Crippen LogP contribution in [0.3, 0.4) is 0 Å². The van der Waals surface area contributed by atoms with E-state index >= 15 is 0 Å². The van der Waals surface area contributed by atoms with Crippen molar-refractivity contribution in [2.75, 3.05) is 0 Å². The molecule has 66 valence electrons. The lowest BCUT2D eigenvalue weighted by atomic mass is 10.2. The van der Waals surface area contributed by atoms with Gasteiger partial charge in [-0.2, -0.15) is 5.48 Å². The average Bonchev–Trinajstić information content (AvgIpc) is 2.20. The molecule has 0 fully saturated rings. The molecular weight excluding hydrogens is 150 g/mol. The molecule has 2 nitrogen and oxygen atoms in total. The Bertz CT molecular complexity index is 233. The molecule has 1 aromatic rings. The maximum atomic E-state index is 8.68. The first-order valence-electron chi connectivity index (χ1n) is 4.07. The lowest BCUT2D eigenvalue weighted by molar-refractivity contribution is -0.825. The molecular formula is C10H16NO+. The standard InChI is InChI=1S/C8H9NO.C2H6/c1-2-7-5-3-4-6-8(7)9-10;1-2/h2-6,9-10H,1H2;1-2H3/p+1. The monoisotopic (exact) mass is 166 g/mol. The summed E-state index contributed by atoms with van der Waals surface area (Å²) < 4.78 is 0. The van der Waals surface area contributed by atoms with Gasteiger partial charge in [0.15, 0.2) is 5.69 Å². The van der Waals surface area contributed by atoms with E-state index < -0.39 is 0 Å². The zero-order valence-corrected chi connectivity index (χ0v) is 7.62. The van der Waals surface area contributed by atoms with E-state index in [1.54, 1.807) is 6.08 Å². The fraction of sp³-hybridized carbons (Fsp3) is 0.200. The van der Waals surface area contributed by atoms with E-state index in [1.807, 2.05) is 38.1 Å². The highest BCUT2D eigenvalue weighted by Crippen LogP contribution is 2.09. The van der Waals surface area contributed by atoms with Crippen LogP contribution in [-0.4, -0.2) is 5.21 Å². The van der Waals surface area contributed by atoms with E-state index in [4.69, 9.17) is 5.21 Å². The number of rotatable bonds is 2. The van der Waals surface area contributed by atoms with Gasteiger partial charge in [0, 0.05) is 11.6 Å². The minimum atomic E-state index is 0.803. The molecule has 0 atom stereocenters. The maximum absolute atomic E-state index is 8.68. The van der Waals surface area contributed by atoms with Gasteiger partial charge in [-0.15, -0.1) is 0 Å². The third-order valence-corrected chi connectivity index (χ3v) is 1.36. The molecule has 0 aliphatic rings. The molecule has 0 aliphatic heterocycles. The molecule has 0 bridgehead atoms. The summed E-state index contributed by atoms with van der Waals surface area (Å²) in [5.41, 5.74) is 2.83. The summed E-state index contributed by atoms with van der Waals surface area (Å²) >= 11 is 0. The molecule has 0 spiro atoms. The van der Waals surface area contributed by atoms with Gasteiger partial charge in [-0.25, -0.2) is 5.21 Å². The Balaban J connectivity index is 0.000000561. The predicted octanol–water partition coefficient (Wildman–Crippen LogP) is 1.94. The van der Waals surface area contributed by atoms with Crippen LogP contribution in [0.25, 0.3) is 6.08 Å². The molecule has 0 saturated heterocycles. The van der Waals surface area contributed by atoms with Gasteiger partial charge in [-0.05, 0) is 6.07 Å². The van der Waals surface area contributed by atoms with Crippen molar-refractivity contribution in [2.24, 2.45) is 0 Å². The number of benzene rings is 1. The molecule has 0 heterocycles. The van der Waals surface area contributed by atoms with Gasteiger partial charge in [0.1, 0.15) is 0 Å². The van der Waals surface area contributed by atoms with Crippen molar-refractivity contribution in [2.45, 2.75) is 13.8 Å². The van der Waals surface area contributed by atoms with Gasteiger partial charge in [0.05, 0.1) is 0 Å². The summed E-state index contributed by atoms with van der Waals surface area (Å²) in [5.74, 6) is 0. The van der Waals surface area contributed by atoms with Gasteiger partial charge in [-0.1, -0.05) is 38.6 Å². The normalized spacial score (nSPS) is 8.25. The number of hydrogen-bond donors (Lipinski definition) is 2. The van der Waals surface area contributed by atoms with Gasteiger partial charge in [-0.3, -0.25) is 0 Å². The lowest BCUT2D eigenvalue weighted by Crippen LogP contribution is -2.74. The molecule has 12 heavy (non-hydrogen) atoms. The predicted molar refractivity (Wildman–Crippen MR) is 51.3 cm³/mol. The van der Waals surface area contributed by atoms with Crippen LogP contribution in [-0.2, 0) is 0 Å². The first-order chi connectivity index (χ1) is 5.88. The van der Waals surface area contributed by atoms with Gasteiger partial charge in [0.2, 0.25) is 0 Å².